The quantitative estimate of drug-likeness (QED) is 0.240. The lowest BCUT2D eigenvalue weighted by Gasteiger charge is -2.52. The third kappa shape index (κ3) is 5.48. The summed E-state index contributed by atoms with van der Waals surface area (Å²) < 4.78 is 7.02. The van der Waals surface area contributed by atoms with Gasteiger partial charge in [-0.3, -0.25) is 4.79 Å². The fourth-order valence-corrected chi connectivity index (χ4v) is 6.19. The van der Waals surface area contributed by atoms with Crippen LogP contribution >= 0.6 is 11.6 Å². The van der Waals surface area contributed by atoms with Gasteiger partial charge in [-0.15, -0.1) is 0 Å². The van der Waals surface area contributed by atoms with Crippen LogP contribution in [0.5, 0.6) is 0 Å². The van der Waals surface area contributed by atoms with Crippen molar-refractivity contribution in [2.75, 3.05) is 32.7 Å². The van der Waals surface area contributed by atoms with Gasteiger partial charge in [-0.05, 0) is 29.3 Å². The molecular weight excluding hydrogens is 500 g/mol. The number of carbonyl (C=O) groups excluding carboxylic acids is 2. The second-order valence-corrected chi connectivity index (χ2v) is 11.0. The first kappa shape index (κ1) is 26.4. The minimum Gasteiger partial charge on any atom is -0.453 e. The minimum atomic E-state index is -1.87. The number of aliphatic hydroxyl groups is 1. The molecule has 0 aliphatic carbocycles. The third-order valence-corrected chi connectivity index (χ3v) is 8.40. The molecule has 3 saturated heterocycles. The van der Waals surface area contributed by atoms with Crippen molar-refractivity contribution in [1.29, 1.82) is 0 Å². The van der Waals surface area contributed by atoms with E-state index >= 15 is 0 Å². The molecule has 0 aromatic heterocycles. The molecule has 3 fully saturated rings. The Labute approximate surface area is 228 Å². The molecular formula is C31H34ClN2O4+. The summed E-state index contributed by atoms with van der Waals surface area (Å²) in [7, 11) is 0. The van der Waals surface area contributed by atoms with E-state index in [9.17, 15) is 14.7 Å². The summed E-state index contributed by atoms with van der Waals surface area (Å²) in [6, 6.07) is 25.0. The van der Waals surface area contributed by atoms with Crippen LogP contribution in [0.2, 0.25) is 5.02 Å². The summed E-state index contributed by atoms with van der Waals surface area (Å²) in [6.07, 6.45) is 2.56. The molecule has 0 radical (unpaired) electrons. The van der Waals surface area contributed by atoms with Crippen molar-refractivity contribution in [3.63, 3.8) is 0 Å². The van der Waals surface area contributed by atoms with Crippen molar-refractivity contribution in [3.8, 4) is 0 Å². The summed E-state index contributed by atoms with van der Waals surface area (Å²) in [4.78, 5) is 26.1. The van der Waals surface area contributed by atoms with Crippen molar-refractivity contribution >= 4 is 23.5 Å². The zero-order valence-corrected chi connectivity index (χ0v) is 22.1. The summed E-state index contributed by atoms with van der Waals surface area (Å²) in [5.74, 6) is -0.448. The molecule has 3 aromatic carbocycles. The number of nitrogens with one attached hydrogen (secondary N) is 1. The number of ether oxygens (including phenoxy) is 1. The van der Waals surface area contributed by atoms with Crippen LogP contribution in [-0.2, 0) is 15.1 Å². The SMILES string of the molecule is O=C(NCCC[N+]12CCC(CC1)[C@@H](OC(=O)C(O)(c1ccccc1)c1ccccc1)C2)c1cccc(Cl)c1. The van der Waals surface area contributed by atoms with Gasteiger partial charge in [-0.1, -0.05) is 78.3 Å². The van der Waals surface area contributed by atoms with Crippen molar-refractivity contribution < 1.29 is 23.9 Å². The molecule has 3 heterocycles. The molecule has 0 spiro atoms. The maximum Gasteiger partial charge on any atom is 0.348 e. The van der Waals surface area contributed by atoms with Gasteiger partial charge in [-0.2, -0.15) is 0 Å². The van der Waals surface area contributed by atoms with E-state index in [2.05, 4.69) is 5.32 Å². The number of rotatable bonds is 9. The van der Waals surface area contributed by atoms with Gasteiger partial charge in [-0.25, -0.2) is 4.79 Å². The monoisotopic (exact) mass is 533 g/mol. The van der Waals surface area contributed by atoms with Gasteiger partial charge in [0.15, 0.2) is 6.10 Å². The largest absolute Gasteiger partial charge is 0.453 e. The summed E-state index contributed by atoms with van der Waals surface area (Å²) in [6.45, 7) is 4.29. The Morgan fingerprint density at radius 2 is 1.58 bits per heavy atom. The van der Waals surface area contributed by atoms with E-state index in [1.54, 1.807) is 48.5 Å². The Hall–Kier alpha value is -3.19. The number of esters is 1. The standard InChI is InChI=1S/C31H33ClN2O4/c32-27-14-7-9-24(21-27)29(35)33-17-8-18-34-19-15-23(16-20-34)28(22-34)38-30(36)31(37,25-10-3-1-4-11-25)26-12-5-2-6-13-26/h1-7,9-14,21,23,28,37H,8,15-20,22H2/p+1/t23?,28-,34?/m0/s1. The molecule has 7 heteroatoms. The number of quaternary nitrogens is 1. The van der Waals surface area contributed by atoms with Crippen LogP contribution in [0.1, 0.15) is 40.7 Å². The smallest absolute Gasteiger partial charge is 0.348 e. The molecule has 2 N–H and O–H groups in total. The average Bonchev–Trinajstić information content (AvgIpc) is 2.96. The summed E-state index contributed by atoms with van der Waals surface area (Å²) in [5.41, 5.74) is -0.322. The molecule has 38 heavy (non-hydrogen) atoms. The first-order valence-electron chi connectivity index (χ1n) is 13.3. The lowest BCUT2D eigenvalue weighted by Crippen LogP contribution is -2.65. The fraction of sp³-hybridized carbons (Fsp3) is 0.355. The molecule has 2 bridgehead atoms. The topological polar surface area (TPSA) is 75.6 Å². The second-order valence-electron chi connectivity index (χ2n) is 10.5. The Morgan fingerprint density at radius 3 is 2.18 bits per heavy atom. The van der Waals surface area contributed by atoms with Crippen molar-refractivity contribution in [2.45, 2.75) is 31.0 Å². The van der Waals surface area contributed by atoms with Crippen LogP contribution in [-0.4, -0.2) is 60.3 Å². The maximum absolute atomic E-state index is 13.7. The Balaban J connectivity index is 1.23. The highest BCUT2D eigenvalue weighted by atomic mass is 35.5. The highest BCUT2D eigenvalue weighted by molar-refractivity contribution is 6.30. The van der Waals surface area contributed by atoms with Gasteiger partial charge < -0.3 is 19.6 Å². The number of fused-ring (bicyclic) bond motifs is 3. The molecule has 198 valence electrons. The van der Waals surface area contributed by atoms with E-state index in [0.717, 1.165) is 49.9 Å². The molecule has 3 aromatic rings. The zero-order chi connectivity index (χ0) is 26.6. The molecule has 6 rings (SSSR count). The summed E-state index contributed by atoms with van der Waals surface area (Å²) >= 11 is 6.01. The van der Waals surface area contributed by atoms with Gasteiger partial charge in [0.1, 0.15) is 6.54 Å². The number of piperidine rings is 3. The number of hydrogen-bond acceptors (Lipinski definition) is 4. The number of hydrogen-bond donors (Lipinski definition) is 2. The van der Waals surface area contributed by atoms with E-state index in [0.29, 0.717) is 34.2 Å². The van der Waals surface area contributed by atoms with Gasteiger partial charge in [0.2, 0.25) is 5.60 Å². The molecule has 1 amide bonds. The first-order chi connectivity index (χ1) is 18.4. The highest BCUT2D eigenvalue weighted by Crippen LogP contribution is 2.38. The minimum absolute atomic E-state index is 0.127. The molecule has 6 nitrogen and oxygen atoms in total. The highest BCUT2D eigenvalue weighted by Gasteiger charge is 2.50. The molecule has 3 aliphatic rings. The third-order valence-electron chi connectivity index (χ3n) is 8.16. The van der Waals surface area contributed by atoms with Gasteiger partial charge in [0, 0.05) is 42.3 Å². The van der Waals surface area contributed by atoms with E-state index < -0.39 is 11.6 Å². The average molecular weight is 534 g/mol. The van der Waals surface area contributed by atoms with Crippen LogP contribution in [0.3, 0.4) is 0 Å². The van der Waals surface area contributed by atoms with Crippen LogP contribution in [0, 0.1) is 5.92 Å². The fourth-order valence-electron chi connectivity index (χ4n) is 6.00. The van der Waals surface area contributed by atoms with Gasteiger partial charge in [0.25, 0.3) is 5.91 Å². The predicted molar refractivity (Wildman–Crippen MR) is 147 cm³/mol. The Kier molecular flexibility index (Phi) is 7.84. The maximum atomic E-state index is 13.7. The molecule has 0 unspecified atom stereocenters. The number of halogens is 1. The summed E-state index contributed by atoms with van der Waals surface area (Å²) in [5, 5.41) is 15.3. The van der Waals surface area contributed by atoms with Crippen LogP contribution in [0.15, 0.2) is 84.9 Å². The van der Waals surface area contributed by atoms with Crippen LogP contribution < -0.4 is 5.32 Å². The van der Waals surface area contributed by atoms with Gasteiger partial charge >= 0.3 is 5.97 Å². The number of benzene rings is 3. The van der Waals surface area contributed by atoms with Crippen molar-refractivity contribution in [2.24, 2.45) is 5.92 Å². The number of amides is 1. The second kappa shape index (κ2) is 11.3. The van der Waals surface area contributed by atoms with Gasteiger partial charge in [0.05, 0.1) is 19.6 Å². The zero-order valence-electron chi connectivity index (χ0n) is 21.4. The van der Waals surface area contributed by atoms with Crippen molar-refractivity contribution in [3.05, 3.63) is 107 Å². The van der Waals surface area contributed by atoms with E-state index in [4.69, 9.17) is 16.3 Å². The normalized spacial score (nSPS) is 22.6. The van der Waals surface area contributed by atoms with E-state index in [1.807, 2.05) is 36.4 Å². The van der Waals surface area contributed by atoms with E-state index in [-0.39, 0.29) is 12.0 Å². The first-order valence-corrected chi connectivity index (χ1v) is 13.7. The number of carbonyl (C=O) groups is 2. The van der Waals surface area contributed by atoms with Crippen molar-refractivity contribution in [1.82, 2.24) is 5.32 Å². The lowest BCUT2D eigenvalue weighted by molar-refractivity contribution is -0.946. The number of nitrogens with zero attached hydrogens (tertiary/aromatic N) is 1. The Morgan fingerprint density at radius 1 is 0.947 bits per heavy atom. The van der Waals surface area contributed by atoms with E-state index in [1.165, 1.54) is 0 Å². The molecule has 3 aliphatic heterocycles. The van der Waals surface area contributed by atoms with Crippen LogP contribution in [0.25, 0.3) is 0 Å². The molecule has 1 atom stereocenters. The predicted octanol–water partition coefficient (Wildman–Crippen LogP) is 4.55. The molecule has 0 saturated carbocycles. The lowest BCUT2D eigenvalue weighted by atomic mass is 9.82. The Bertz CT molecular complexity index is 1220. The van der Waals surface area contributed by atoms with Crippen LogP contribution in [0.4, 0.5) is 0 Å².